The third-order valence-corrected chi connectivity index (χ3v) is 3.69. The summed E-state index contributed by atoms with van der Waals surface area (Å²) in [6.07, 6.45) is -1.13. The lowest BCUT2D eigenvalue weighted by Crippen LogP contribution is -2.50. The maximum Gasteiger partial charge on any atom is 0.339 e. The lowest BCUT2D eigenvalue weighted by molar-refractivity contribution is -0.127. The largest absolute Gasteiger partial charge is 0.449 e. The number of hydrogen-bond donors (Lipinski definition) is 2. The van der Waals surface area contributed by atoms with Crippen molar-refractivity contribution in [2.45, 2.75) is 53.2 Å². The van der Waals surface area contributed by atoms with E-state index in [0.717, 1.165) is 5.56 Å². The summed E-state index contributed by atoms with van der Waals surface area (Å²) >= 11 is 0. The van der Waals surface area contributed by atoms with Gasteiger partial charge in [0, 0.05) is 16.6 Å². The zero-order valence-corrected chi connectivity index (χ0v) is 16.5. The summed E-state index contributed by atoms with van der Waals surface area (Å²) < 4.78 is 5.27. The molecule has 0 fully saturated rings. The molecule has 1 aromatic heterocycles. The van der Waals surface area contributed by atoms with Crippen LogP contribution in [0.2, 0.25) is 0 Å². The third-order valence-electron chi connectivity index (χ3n) is 3.69. The number of benzene rings is 1. The Morgan fingerprint density at radius 1 is 1.11 bits per heavy atom. The molecule has 7 nitrogen and oxygen atoms in total. The Bertz CT molecular complexity index is 900. The fraction of sp³-hybridized carbons (Fsp3) is 0.400. The molecule has 2 N–H and O–H groups in total. The standard InChI is InChI=1S/C20H25N3O4/c1-11-7-8-16-14(9-11)15(10-12(2)21-16)18(25)27-13(3)17(24)22-19(26)23-20(4,5)6/h7-10,13H,1-6H3,(H2,22,23,24,26). The Hall–Kier alpha value is -2.96. The number of hydrogen-bond acceptors (Lipinski definition) is 5. The SMILES string of the molecule is Cc1ccc2nc(C)cc(C(=O)OC(C)C(=O)NC(=O)NC(C)(C)C)c2c1. The minimum Gasteiger partial charge on any atom is -0.449 e. The van der Waals surface area contributed by atoms with E-state index >= 15 is 0 Å². The highest BCUT2D eigenvalue weighted by atomic mass is 16.5. The van der Waals surface area contributed by atoms with Gasteiger partial charge < -0.3 is 10.1 Å². The van der Waals surface area contributed by atoms with E-state index in [-0.39, 0.29) is 0 Å². The number of rotatable bonds is 3. The molecule has 27 heavy (non-hydrogen) atoms. The number of aromatic nitrogens is 1. The van der Waals surface area contributed by atoms with Gasteiger partial charge in [-0.1, -0.05) is 11.6 Å². The molecule has 144 valence electrons. The van der Waals surface area contributed by atoms with Crippen LogP contribution in [0.15, 0.2) is 24.3 Å². The molecular formula is C20H25N3O4. The van der Waals surface area contributed by atoms with Gasteiger partial charge in [0.05, 0.1) is 11.1 Å². The van der Waals surface area contributed by atoms with Crippen LogP contribution < -0.4 is 10.6 Å². The Kier molecular flexibility index (Phi) is 5.83. The first-order chi connectivity index (χ1) is 12.5. The van der Waals surface area contributed by atoms with E-state index in [2.05, 4.69) is 15.6 Å². The normalized spacial score (nSPS) is 12.4. The number of pyridine rings is 1. The fourth-order valence-corrected chi connectivity index (χ4v) is 2.50. The van der Waals surface area contributed by atoms with Gasteiger partial charge in [0.15, 0.2) is 6.10 Å². The van der Waals surface area contributed by atoms with Crippen LogP contribution in [0.3, 0.4) is 0 Å². The molecule has 2 rings (SSSR count). The number of amides is 3. The maximum absolute atomic E-state index is 12.6. The number of ether oxygens (including phenoxy) is 1. The van der Waals surface area contributed by atoms with Crippen molar-refractivity contribution in [3.8, 4) is 0 Å². The number of carbonyl (C=O) groups is 3. The predicted octanol–water partition coefficient (Wildman–Crippen LogP) is 3.02. The first kappa shape index (κ1) is 20.4. The van der Waals surface area contributed by atoms with Gasteiger partial charge in [-0.15, -0.1) is 0 Å². The van der Waals surface area contributed by atoms with E-state index < -0.39 is 29.6 Å². The molecule has 0 saturated carbocycles. The summed E-state index contributed by atoms with van der Waals surface area (Å²) in [6, 6.07) is 6.58. The molecule has 0 aliphatic rings. The van der Waals surface area contributed by atoms with Gasteiger partial charge in [0.25, 0.3) is 5.91 Å². The fourth-order valence-electron chi connectivity index (χ4n) is 2.50. The lowest BCUT2D eigenvalue weighted by Gasteiger charge is -2.21. The molecule has 0 bridgehead atoms. The molecule has 1 atom stereocenters. The molecule has 3 amide bonds. The molecule has 1 unspecified atom stereocenters. The van der Waals surface area contributed by atoms with E-state index in [4.69, 9.17) is 4.74 Å². The maximum atomic E-state index is 12.6. The third kappa shape index (κ3) is 5.51. The summed E-state index contributed by atoms with van der Waals surface area (Å²) in [5.74, 6) is -1.34. The highest BCUT2D eigenvalue weighted by Crippen LogP contribution is 2.21. The van der Waals surface area contributed by atoms with Crippen molar-refractivity contribution in [1.82, 2.24) is 15.6 Å². The molecule has 7 heteroatoms. The number of urea groups is 1. The molecule has 0 radical (unpaired) electrons. The van der Waals surface area contributed by atoms with Crippen LogP contribution in [0, 0.1) is 13.8 Å². The Morgan fingerprint density at radius 3 is 2.41 bits per heavy atom. The highest BCUT2D eigenvalue weighted by Gasteiger charge is 2.24. The average molecular weight is 371 g/mol. The minimum absolute atomic E-state index is 0.333. The van der Waals surface area contributed by atoms with E-state index in [1.807, 2.05) is 25.1 Å². The second kappa shape index (κ2) is 7.73. The van der Waals surface area contributed by atoms with E-state index in [1.54, 1.807) is 33.8 Å². The molecule has 1 heterocycles. The molecule has 0 aliphatic carbocycles. The van der Waals surface area contributed by atoms with Crippen LogP contribution in [0.25, 0.3) is 10.9 Å². The summed E-state index contributed by atoms with van der Waals surface area (Å²) in [5.41, 5.74) is 2.16. The quantitative estimate of drug-likeness (QED) is 0.808. The van der Waals surface area contributed by atoms with Gasteiger partial charge in [-0.2, -0.15) is 0 Å². The van der Waals surface area contributed by atoms with Crippen molar-refractivity contribution in [2.24, 2.45) is 0 Å². The summed E-state index contributed by atoms with van der Waals surface area (Å²) in [5, 5.41) is 5.44. The van der Waals surface area contributed by atoms with Crippen LogP contribution in [-0.4, -0.2) is 34.5 Å². The molecule has 0 spiro atoms. The lowest BCUT2D eigenvalue weighted by atomic mass is 10.1. The average Bonchev–Trinajstić information content (AvgIpc) is 2.52. The van der Waals surface area contributed by atoms with E-state index in [1.165, 1.54) is 6.92 Å². The number of imide groups is 1. The van der Waals surface area contributed by atoms with Crippen molar-refractivity contribution in [1.29, 1.82) is 0 Å². The van der Waals surface area contributed by atoms with Gasteiger partial charge in [-0.05, 0) is 59.7 Å². The van der Waals surface area contributed by atoms with Gasteiger partial charge in [0.2, 0.25) is 0 Å². The molecule has 0 saturated heterocycles. The minimum atomic E-state index is -1.13. The van der Waals surface area contributed by atoms with Crippen LogP contribution in [-0.2, 0) is 9.53 Å². The predicted molar refractivity (Wildman–Crippen MR) is 103 cm³/mol. The molecule has 2 aromatic rings. The molecule has 1 aromatic carbocycles. The van der Waals surface area contributed by atoms with Crippen LogP contribution in [0.1, 0.15) is 49.3 Å². The Morgan fingerprint density at radius 2 is 1.78 bits per heavy atom. The number of nitrogens with one attached hydrogen (secondary N) is 2. The van der Waals surface area contributed by atoms with Crippen molar-refractivity contribution in [3.05, 3.63) is 41.1 Å². The first-order valence-electron chi connectivity index (χ1n) is 8.68. The van der Waals surface area contributed by atoms with Gasteiger partial charge in [0.1, 0.15) is 0 Å². The van der Waals surface area contributed by atoms with Crippen molar-refractivity contribution < 1.29 is 19.1 Å². The second-order valence-corrected chi connectivity index (χ2v) is 7.57. The number of fused-ring (bicyclic) bond motifs is 1. The summed E-state index contributed by atoms with van der Waals surface area (Å²) in [4.78, 5) is 41.0. The zero-order valence-electron chi connectivity index (χ0n) is 16.5. The monoisotopic (exact) mass is 371 g/mol. The van der Waals surface area contributed by atoms with Crippen molar-refractivity contribution in [2.75, 3.05) is 0 Å². The topological polar surface area (TPSA) is 97.4 Å². The number of aryl methyl sites for hydroxylation is 2. The van der Waals surface area contributed by atoms with E-state index in [0.29, 0.717) is 22.2 Å². The van der Waals surface area contributed by atoms with Crippen LogP contribution >= 0.6 is 0 Å². The first-order valence-corrected chi connectivity index (χ1v) is 8.68. The zero-order chi connectivity index (χ0) is 20.4. The number of carbonyl (C=O) groups excluding carboxylic acids is 3. The van der Waals surface area contributed by atoms with Crippen molar-refractivity contribution in [3.63, 3.8) is 0 Å². The van der Waals surface area contributed by atoms with Gasteiger partial charge in [-0.3, -0.25) is 15.1 Å². The van der Waals surface area contributed by atoms with Crippen LogP contribution in [0.4, 0.5) is 4.79 Å². The Labute approximate surface area is 158 Å². The molecular weight excluding hydrogens is 346 g/mol. The van der Waals surface area contributed by atoms with Crippen molar-refractivity contribution >= 4 is 28.8 Å². The van der Waals surface area contributed by atoms with Gasteiger partial charge >= 0.3 is 12.0 Å². The number of nitrogens with zero attached hydrogens (tertiary/aromatic N) is 1. The smallest absolute Gasteiger partial charge is 0.339 e. The van der Waals surface area contributed by atoms with Crippen LogP contribution in [0.5, 0.6) is 0 Å². The van der Waals surface area contributed by atoms with E-state index in [9.17, 15) is 14.4 Å². The second-order valence-electron chi connectivity index (χ2n) is 7.57. The number of esters is 1. The Balaban J connectivity index is 2.15. The molecule has 0 aliphatic heterocycles. The van der Waals surface area contributed by atoms with Gasteiger partial charge in [-0.25, -0.2) is 9.59 Å². The highest BCUT2D eigenvalue weighted by molar-refractivity contribution is 6.05. The summed E-state index contributed by atoms with van der Waals surface area (Å²) in [6.45, 7) is 10.5. The summed E-state index contributed by atoms with van der Waals surface area (Å²) in [7, 11) is 0.